The number of benzene rings is 1. The minimum Gasteiger partial charge on any atom is -0.374 e. The maximum atomic E-state index is 15.3. The Morgan fingerprint density at radius 1 is 0.776 bits per heavy atom. The standard InChI is InChI=1S/C43H53F2N9O4/c44-34-24-31(48-36-14-15-38(55)51-42(36)58)10-13-33(34)26-17-21-53(22-18-26)32-11-8-29(9-12-32)49-41(57)27-4-6-30(7-5-27)50-43-47-25-35(45)40(52-43)28-16-19-46-37(23-28)54-20-2-1-3-39(54)56/h10,13,16,19,23-27,29-30,32,36,48H,1-9,11-12,14-15,17-18,20-22H2,(H,49,57)(H,47,50,52)(H,51,55,58)/t27-,29-,30-,32-,36?. The molecule has 1 aromatic carbocycles. The van der Waals surface area contributed by atoms with E-state index in [1.165, 1.54) is 12.3 Å². The molecule has 3 saturated heterocycles. The number of rotatable bonds is 10. The predicted octanol–water partition coefficient (Wildman–Crippen LogP) is 5.83. The number of anilines is 3. The molecule has 4 amide bonds. The van der Waals surface area contributed by atoms with Crippen molar-refractivity contribution in [1.29, 1.82) is 0 Å². The van der Waals surface area contributed by atoms with Gasteiger partial charge in [0, 0.05) is 60.9 Å². The molecule has 5 aliphatic rings. The van der Waals surface area contributed by atoms with Gasteiger partial charge in [-0.1, -0.05) is 6.07 Å². The molecule has 3 aliphatic heterocycles. The zero-order valence-electron chi connectivity index (χ0n) is 32.9. The molecule has 1 unspecified atom stereocenters. The second-order valence-electron chi connectivity index (χ2n) is 16.7. The molecule has 0 bridgehead atoms. The van der Waals surface area contributed by atoms with Crippen LogP contribution in [0.1, 0.15) is 108 Å². The molecule has 5 heterocycles. The number of hydrogen-bond acceptors (Lipinski definition) is 10. The maximum absolute atomic E-state index is 15.3. The summed E-state index contributed by atoms with van der Waals surface area (Å²) in [6, 6.07) is 8.67. The lowest BCUT2D eigenvalue weighted by Gasteiger charge is -2.41. The molecule has 2 aliphatic carbocycles. The minimum absolute atomic E-state index is 0.0203. The summed E-state index contributed by atoms with van der Waals surface area (Å²) in [6.07, 6.45) is 14.4. The quantitative estimate of drug-likeness (QED) is 0.184. The number of carbonyl (C=O) groups is 4. The average Bonchev–Trinajstić information content (AvgIpc) is 3.23. The zero-order valence-corrected chi connectivity index (χ0v) is 32.9. The van der Waals surface area contributed by atoms with Crippen LogP contribution in [0.3, 0.4) is 0 Å². The van der Waals surface area contributed by atoms with Crippen LogP contribution in [-0.4, -0.2) is 87.3 Å². The lowest BCUT2D eigenvalue weighted by molar-refractivity contribution is -0.133. The molecule has 15 heteroatoms. The number of nitrogens with zero attached hydrogens (tertiary/aromatic N) is 5. The highest BCUT2D eigenvalue weighted by molar-refractivity contribution is 6.01. The number of nitrogens with one attached hydrogen (secondary N) is 4. The Morgan fingerprint density at radius 3 is 2.29 bits per heavy atom. The van der Waals surface area contributed by atoms with Crippen LogP contribution in [-0.2, 0) is 19.2 Å². The first-order chi connectivity index (χ1) is 28.2. The molecule has 2 aromatic heterocycles. The molecule has 1 atom stereocenters. The fourth-order valence-corrected chi connectivity index (χ4v) is 9.54. The third-order valence-corrected chi connectivity index (χ3v) is 12.9. The van der Waals surface area contributed by atoms with Gasteiger partial charge in [0.25, 0.3) is 0 Å². The normalized spacial score (nSPS) is 26.2. The molecule has 0 spiro atoms. The lowest BCUT2D eigenvalue weighted by atomic mass is 9.83. The molecule has 308 valence electrons. The van der Waals surface area contributed by atoms with Crippen molar-refractivity contribution < 1.29 is 28.0 Å². The first-order valence-electron chi connectivity index (χ1n) is 21.2. The number of imide groups is 1. The van der Waals surface area contributed by atoms with Gasteiger partial charge in [0.1, 0.15) is 23.4 Å². The molecular weight excluding hydrogens is 745 g/mol. The van der Waals surface area contributed by atoms with E-state index in [2.05, 4.69) is 41.1 Å². The van der Waals surface area contributed by atoms with E-state index in [0.29, 0.717) is 54.0 Å². The van der Waals surface area contributed by atoms with Crippen LogP contribution in [0.15, 0.2) is 42.7 Å². The molecule has 8 rings (SSSR count). The van der Waals surface area contributed by atoms with Gasteiger partial charge < -0.3 is 20.9 Å². The summed E-state index contributed by atoms with van der Waals surface area (Å²) in [5, 5.41) is 12.1. The Bertz CT molecular complexity index is 1990. The van der Waals surface area contributed by atoms with Crippen LogP contribution >= 0.6 is 0 Å². The van der Waals surface area contributed by atoms with E-state index < -0.39 is 11.9 Å². The average molecular weight is 798 g/mol. The van der Waals surface area contributed by atoms with Gasteiger partial charge in [-0.05, 0) is 132 Å². The molecular formula is C43H53F2N9O4. The summed E-state index contributed by atoms with van der Waals surface area (Å²) in [5.41, 5.74) is 1.94. The maximum Gasteiger partial charge on any atom is 0.249 e. The Morgan fingerprint density at radius 2 is 1.55 bits per heavy atom. The van der Waals surface area contributed by atoms with Crippen molar-refractivity contribution in [3.8, 4) is 11.3 Å². The van der Waals surface area contributed by atoms with Crippen molar-refractivity contribution in [2.75, 3.05) is 35.2 Å². The SMILES string of the molecule is O=C1CCC(Nc2ccc(C3CCN([C@H]4CC[C@H](NC(=O)[C@H]5CC[C@H](Nc6ncc(F)c(-c7ccnc(N8CCCCC8=O)c7)n6)CC5)CC4)CC3)c(F)c2)C(=O)N1. The minimum atomic E-state index is -0.550. The van der Waals surface area contributed by atoms with Crippen molar-refractivity contribution in [3.05, 3.63) is 59.9 Å². The summed E-state index contributed by atoms with van der Waals surface area (Å²) in [5.74, 6) is -0.398. The fraction of sp³-hybridized carbons (Fsp3) is 0.558. The lowest BCUT2D eigenvalue weighted by Crippen LogP contribution is -2.47. The Balaban J connectivity index is 0.754. The van der Waals surface area contributed by atoms with Crippen LogP contribution in [0.4, 0.5) is 26.2 Å². The highest BCUT2D eigenvalue weighted by Crippen LogP contribution is 2.35. The third-order valence-electron chi connectivity index (χ3n) is 12.9. The highest BCUT2D eigenvalue weighted by atomic mass is 19.1. The van der Waals surface area contributed by atoms with Crippen LogP contribution in [0.5, 0.6) is 0 Å². The topological polar surface area (TPSA) is 162 Å². The van der Waals surface area contributed by atoms with E-state index in [1.54, 1.807) is 23.2 Å². The van der Waals surface area contributed by atoms with Crippen LogP contribution in [0.2, 0.25) is 0 Å². The van der Waals surface area contributed by atoms with Crippen LogP contribution < -0.4 is 26.2 Å². The van der Waals surface area contributed by atoms with E-state index in [0.717, 1.165) is 90.1 Å². The van der Waals surface area contributed by atoms with Gasteiger partial charge in [-0.15, -0.1) is 0 Å². The van der Waals surface area contributed by atoms with Crippen molar-refractivity contribution in [2.24, 2.45) is 5.92 Å². The first-order valence-corrected chi connectivity index (χ1v) is 21.2. The van der Waals surface area contributed by atoms with Gasteiger partial charge in [-0.2, -0.15) is 0 Å². The summed E-state index contributed by atoms with van der Waals surface area (Å²) in [7, 11) is 0. The van der Waals surface area contributed by atoms with Crippen molar-refractivity contribution >= 4 is 41.1 Å². The molecule has 13 nitrogen and oxygen atoms in total. The van der Waals surface area contributed by atoms with E-state index in [-0.39, 0.29) is 65.5 Å². The van der Waals surface area contributed by atoms with Crippen molar-refractivity contribution in [3.63, 3.8) is 0 Å². The van der Waals surface area contributed by atoms with Crippen LogP contribution in [0.25, 0.3) is 11.3 Å². The summed E-state index contributed by atoms with van der Waals surface area (Å²) >= 11 is 0. The fourth-order valence-electron chi connectivity index (χ4n) is 9.54. The molecule has 5 fully saturated rings. The van der Waals surface area contributed by atoms with Crippen molar-refractivity contribution in [2.45, 2.75) is 126 Å². The third kappa shape index (κ3) is 9.29. The van der Waals surface area contributed by atoms with Gasteiger partial charge in [-0.3, -0.25) is 29.4 Å². The Hall–Kier alpha value is -5.05. The number of carbonyl (C=O) groups excluding carboxylic acids is 4. The largest absolute Gasteiger partial charge is 0.374 e. The molecule has 0 radical (unpaired) electrons. The number of hydrogen-bond donors (Lipinski definition) is 4. The van der Waals surface area contributed by atoms with Crippen molar-refractivity contribution in [1.82, 2.24) is 30.5 Å². The van der Waals surface area contributed by atoms with Gasteiger partial charge in [0.15, 0.2) is 5.82 Å². The molecule has 2 saturated carbocycles. The number of pyridine rings is 1. The highest BCUT2D eigenvalue weighted by Gasteiger charge is 2.33. The van der Waals surface area contributed by atoms with E-state index >= 15 is 4.39 Å². The summed E-state index contributed by atoms with van der Waals surface area (Å²) in [6.45, 7) is 2.42. The van der Waals surface area contributed by atoms with E-state index in [1.807, 2.05) is 12.1 Å². The molecule has 4 N–H and O–H groups in total. The Kier molecular flexibility index (Phi) is 12.2. The number of likely N-dealkylation sites (tertiary alicyclic amines) is 1. The number of piperidine rings is 3. The second kappa shape index (κ2) is 17.8. The van der Waals surface area contributed by atoms with Crippen LogP contribution in [0, 0.1) is 17.6 Å². The number of aromatic nitrogens is 3. The van der Waals surface area contributed by atoms with E-state index in [4.69, 9.17) is 0 Å². The Labute approximate surface area is 337 Å². The van der Waals surface area contributed by atoms with Gasteiger partial charge in [-0.25, -0.2) is 23.7 Å². The van der Waals surface area contributed by atoms with Gasteiger partial charge in [0.2, 0.25) is 29.6 Å². The summed E-state index contributed by atoms with van der Waals surface area (Å²) in [4.78, 5) is 66.6. The summed E-state index contributed by atoms with van der Waals surface area (Å²) < 4.78 is 30.2. The van der Waals surface area contributed by atoms with Gasteiger partial charge in [0.05, 0.1) is 6.20 Å². The monoisotopic (exact) mass is 797 g/mol. The number of amides is 4. The van der Waals surface area contributed by atoms with E-state index in [9.17, 15) is 23.6 Å². The predicted molar refractivity (Wildman–Crippen MR) is 215 cm³/mol. The second-order valence-corrected chi connectivity index (χ2v) is 16.7. The number of halogens is 2. The first kappa shape index (κ1) is 39.8. The molecule has 3 aromatic rings. The van der Waals surface area contributed by atoms with Gasteiger partial charge >= 0.3 is 0 Å². The molecule has 58 heavy (non-hydrogen) atoms. The smallest absolute Gasteiger partial charge is 0.249 e. The zero-order chi connectivity index (χ0) is 40.2.